The van der Waals surface area contributed by atoms with Crippen molar-refractivity contribution >= 4 is 58.4 Å². The fraction of sp³-hybridized carbons (Fsp3) is 0.241. The molecule has 1 heterocycles. The van der Waals surface area contributed by atoms with Crippen LogP contribution >= 0.6 is 34.8 Å². The average Bonchev–Trinajstić information content (AvgIpc) is 3.21. The zero-order valence-corrected chi connectivity index (χ0v) is 22.3. The van der Waals surface area contributed by atoms with Crippen molar-refractivity contribution in [2.45, 2.75) is 22.7 Å². The van der Waals surface area contributed by atoms with E-state index in [1.165, 1.54) is 19.1 Å². The molecule has 1 aliphatic heterocycles. The van der Waals surface area contributed by atoms with Gasteiger partial charge in [-0.05, 0) is 53.4 Å². The molecule has 3 aromatic rings. The maximum Gasteiger partial charge on any atom is 0.329 e. The predicted octanol–water partition coefficient (Wildman–Crippen LogP) is 5.05. The second-order valence-electron chi connectivity index (χ2n) is 9.73. The molecule has 3 aliphatic carbocycles. The summed E-state index contributed by atoms with van der Waals surface area (Å²) < 4.78 is 5.22. The first kappa shape index (κ1) is 25.1. The molecule has 0 unspecified atom stereocenters. The minimum Gasteiger partial charge on any atom is -0.456 e. The second kappa shape index (κ2) is 8.67. The van der Waals surface area contributed by atoms with Crippen LogP contribution in [0.1, 0.15) is 39.5 Å². The zero-order valence-electron chi connectivity index (χ0n) is 20.0. The van der Waals surface area contributed by atoms with Crippen molar-refractivity contribution in [2.75, 3.05) is 6.61 Å². The van der Waals surface area contributed by atoms with E-state index >= 15 is 0 Å². The van der Waals surface area contributed by atoms with Crippen LogP contribution in [-0.4, -0.2) is 41.1 Å². The largest absolute Gasteiger partial charge is 0.456 e. The Balaban J connectivity index is 1.33. The molecule has 0 spiro atoms. The second-order valence-corrected chi connectivity index (χ2v) is 11.4. The van der Waals surface area contributed by atoms with Crippen LogP contribution in [0.3, 0.4) is 0 Å². The van der Waals surface area contributed by atoms with Crippen LogP contribution in [0.15, 0.2) is 72.8 Å². The quantitative estimate of drug-likeness (QED) is 0.186. The first-order valence-corrected chi connectivity index (χ1v) is 13.1. The molecule has 2 amide bonds. The van der Waals surface area contributed by atoms with Gasteiger partial charge in [0.15, 0.2) is 12.4 Å². The van der Waals surface area contributed by atoms with Crippen molar-refractivity contribution in [3.8, 4) is 0 Å². The number of hydrogen-bond acceptors (Lipinski definition) is 5. The standard InChI is InChI=1S/C29H20Cl3NO5/c1-15(27(37)38-14-22(34)16-10-12-17(30)13-11-16)33-25(35)23-24(26(33)36)29(32)19-7-3-2-6-18(19)28(23,31)20-8-4-5-9-21(20)29/h2-13,15,23-24H,14H2,1H3/t15-,23-,24+,28?,29?/m1/s1. The van der Waals surface area contributed by atoms with Crippen LogP contribution in [-0.2, 0) is 28.9 Å². The van der Waals surface area contributed by atoms with Crippen molar-refractivity contribution in [1.29, 1.82) is 0 Å². The highest BCUT2D eigenvalue weighted by Crippen LogP contribution is 2.69. The normalized spacial score (nSPS) is 27.4. The van der Waals surface area contributed by atoms with E-state index < -0.39 is 57.8 Å². The van der Waals surface area contributed by atoms with E-state index in [4.69, 9.17) is 39.5 Å². The minimum absolute atomic E-state index is 0.314. The highest BCUT2D eigenvalue weighted by molar-refractivity contribution is 6.36. The third-order valence-electron chi connectivity index (χ3n) is 7.86. The van der Waals surface area contributed by atoms with Crippen molar-refractivity contribution in [3.63, 3.8) is 0 Å². The van der Waals surface area contributed by atoms with Gasteiger partial charge in [-0.2, -0.15) is 0 Å². The summed E-state index contributed by atoms with van der Waals surface area (Å²) in [6, 6.07) is 19.4. The van der Waals surface area contributed by atoms with Crippen molar-refractivity contribution in [3.05, 3.63) is 106 Å². The summed E-state index contributed by atoms with van der Waals surface area (Å²) in [6.07, 6.45) is 0. The van der Waals surface area contributed by atoms with Gasteiger partial charge in [-0.15, -0.1) is 23.2 Å². The van der Waals surface area contributed by atoms with Gasteiger partial charge in [0.1, 0.15) is 15.8 Å². The molecular formula is C29H20Cl3NO5. The SMILES string of the molecule is C[C@H](C(=O)OCC(=O)c1ccc(Cl)cc1)N1C(=O)[C@@H]2[C@H](C1=O)C1(Cl)c3ccccc3C2(Cl)c2ccccc21. The Labute approximate surface area is 233 Å². The summed E-state index contributed by atoms with van der Waals surface area (Å²) in [5, 5.41) is 0.465. The van der Waals surface area contributed by atoms with Gasteiger partial charge in [-0.3, -0.25) is 19.3 Å². The van der Waals surface area contributed by atoms with Gasteiger partial charge in [0.25, 0.3) is 0 Å². The fourth-order valence-corrected chi connectivity index (χ4v) is 7.38. The van der Waals surface area contributed by atoms with Gasteiger partial charge < -0.3 is 4.74 Å². The summed E-state index contributed by atoms with van der Waals surface area (Å²) >= 11 is 20.6. The van der Waals surface area contributed by atoms with E-state index in [1.807, 2.05) is 48.5 Å². The Morgan fingerprint density at radius 1 is 0.816 bits per heavy atom. The molecule has 0 saturated carbocycles. The molecule has 2 bridgehead atoms. The van der Waals surface area contributed by atoms with Crippen molar-refractivity contribution in [1.82, 2.24) is 4.90 Å². The number of ketones is 1. The molecule has 0 aromatic heterocycles. The number of alkyl halides is 2. The predicted molar refractivity (Wildman–Crippen MR) is 141 cm³/mol. The highest BCUT2D eigenvalue weighted by atomic mass is 35.5. The number of ether oxygens (including phenoxy) is 1. The molecule has 6 nitrogen and oxygen atoms in total. The Kier molecular flexibility index (Phi) is 5.73. The molecule has 0 radical (unpaired) electrons. The molecular weight excluding hydrogens is 549 g/mol. The molecule has 3 atom stereocenters. The molecule has 4 aliphatic rings. The molecule has 7 rings (SSSR count). The first-order valence-electron chi connectivity index (χ1n) is 12.0. The Morgan fingerprint density at radius 2 is 1.24 bits per heavy atom. The monoisotopic (exact) mass is 567 g/mol. The van der Waals surface area contributed by atoms with E-state index in [-0.39, 0.29) is 0 Å². The Bertz CT molecular complexity index is 1410. The minimum atomic E-state index is -1.34. The number of nitrogens with zero attached hydrogens (tertiary/aromatic N) is 1. The van der Waals surface area contributed by atoms with Crippen LogP contribution in [0.25, 0.3) is 0 Å². The summed E-state index contributed by atoms with van der Waals surface area (Å²) in [5.74, 6) is -4.58. The number of benzene rings is 3. The number of likely N-dealkylation sites (tertiary alicyclic amines) is 1. The lowest BCUT2D eigenvalue weighted by atomic mass is 9.54. The topological polar surface area (TPSA) is 80.8 Å². The van der Waals surface area contributed by atoms with Crippen LogP contribution in [0.5, 0.6) is 0 Å². The first-order chi connectivity index (χ1) is 18.1. The summed E-state index contributed by atoms with van der Waals surface area (Å²) in [7, 11) is 0. The molecule has 192 valence electrons. The highest BCUT2D eigenvalue weighted by Gasteiger charge is 2.73. The lowest BCUT2D eigenvalue weighted by Gasteiger charge is -2.54. The van der Waals surface area contributed by atoms with E-state index in [1.54, 1.807) is 12.1 Å². The molecule has 9 heteroatoms. The maximum atomic E-state index is 13.9. The van der Waals surface area contributed by atoms with Crippen LogP contribution in [0.2, 0.25) is 5.02 Å². The van der Waals surface area contributed by atoms with Gasteiger partial charge in [0.2, 0.25) is 11.8 Å². The molecule has 3 aromatic carbocycles. The van der Waals surface area contributed by atoms with Crippen LogP contribution in [0, 0.1) is 11.8 Å². The number of carbonyl (C=O) groups excluding carboxylic acids is 4. The number of halogens is 3. The Hall–Kier alpha value is -3.19. The summed E-state index contributed by atoms with van der Waals surface area (Å²) in [4.78, 5) is 51.5. The van der Waals surface area contributed by atoms with Crippen LogP contribution < -0.4 is 0 Å². The zero-order chi connectivity index (χ0) is 27.0. The number of imide groups is 1. The number of carbonyl (C=O) groups is 4. The molecule has 1 fully saturated rings. The number of rotatable bonds is 5. The van der Waals surface area contributed by atoms with Crippen LogP contribution in [0.4, 0.5) is 0 Å². The number of hydrogen-bond donors (Lipinski definition) is 0. The van der Waals surface area contributed by atoms with Gasteiger partial charge in [0.05, 0.1) is 11.8 Å². The van der Waals surface area contributed by atoms with E-state index in [9.17, 15) is 19.2 Å². The van der Waals surface area contributed by atoms with Gasteiger partial charge in [-0.1, -0.05) is 60.1 Å². The summed E-state index contributed by atoms with van der Waals surface area (Å²) in [6.45, 7) is 0.843. The molecule has 1 saturated heterocycles. The van der Waals surface area contributed by atoms with Gasteiger partial charge in [-0.25, -0.2) is 4.79 Å². The van der Waals surface area contributed by atoms with E-state index in [0.29, 0.717) is 32.8 Å². The van der Waals surface area contributed by atoms with E-state index in [2.05, 4.69) is 0 Å². The lowest BCUT2D eigenvalue weighted by Crippen LogP contribution is -2.57. The third kappa shape index (κ3) is 3.20. The average molecular weight is 569 g/mol. The lowest BCUT2D eigenvalue weighted by molar-refractivity contribution is -0.157. The Morgan fingerprint density at radius 3 is 1.66 bits per heavy atom. The fourth-order valence-electron chi connectivity index (χ4n) is 6.15. The van der Waals surface area contributed by atoms with Crippen molar-refractivity contribution in [2.24, 2.45) is 11.8 Å². The number of Topliss-reactive ketones (excluding diaryl/α,β-unsaturated/α-hetero) is 1. The number of amides is 2. The molecule has 38 heavy (non-hydrogen) atoms. The van der Waals surface area contributed by atoms with Crippen molar-refractivity contribution < 1.29 is 23.9 Å². The third-order valence-corrected chi connectivity index (χ3v) is 9.40. The maximum absolute atomic E-state index is 13.9. The molecule has 0 N–H and O–H groups in total. The number of esters is 1. The smallest absolute Gasteiger partial charge is 0.329 e. The van der Waals surface area contributed by atoms with E-state index in [0.717, 1.165) is 4.90 Å². The summed E-state index contributed by atoms with van der Waals surface area (Å²) in [5.41, 5.74) is 2.99. The van der Waals surface area contributed by atoms with Gasteiger partial charge >= 0.3 is 5.97 Å². The van der Waals surface area contributed by atoms with Gasteiger partial charge in [0, 0.05) is 10.6 Å².